The molecule has 1 aromatic heterocycles. The number of ether oxygens (including phenoxy) is 2. The largest absolute Gasteiger partial charge is 0.493 e. The molecule has 3 aromatic rings. The van der Waals surface area contributed by atoms with Crippen LogP contribution in [0.3, 0.4) is 0 Å². The first kappa shape index (κ1) is 20.4. The van der Waals surface area contributed by atoms with Gasteiger partial charge in [0.2, 0.25) is 0 Å². The van der Waals surface area contributed by atoms with E-state index in [-0.39, 0.29) is 19.1 Å². The number of primary amides is 1. The normalized spacial score (nSPS) is 10.4. The Morgan fingerprint density at radius 3 is 2.62 bits per heavy atom. The maximum absolute atomic E-state index is 12.4. The Hall–Kier alpha value is -3.33. The third kappa shape index (κ3) is 5.35. The molecule has 0 saturated heterocycles. The van der Waals surface area contributed by atoms with Gasteiger partial charge in [-0.25, -0.2) is 4.68 Å². The maximum atomic E-state index is 12.4. The molecule has 2 aromatic carbocycles. The summed E-state index contributed by atoms with van der Waals surface area (Å²) in [7, 11) is 1.49. The first-order valence-electron chi connectivity index (χ1n) is 8.63. The van der Waals surface area contributed by atoms with E-state index in [0.717, 1.165) is 15.7 Å². The standard InChI is InChI=1S/C20H19BrN4O4/c1-28-18-8-13(2-7-17(18)29-12-19(22)26)9-23-20(27)14-10-24-25(11-14)16-5-3-15(21)4-6-16/h2-8,10-11H,9,12H2,1H3,(H2,22,26)(H,23,27). The third-order valence-electron chi connectivity index (χ3n) is 3.99. The number of carbonyl (C=O) groups is 2. The molecule has 0 radical (unpaired) electrons. The van der Waals surface area contributed by atoms with Gasteiger partial charge < -0.3 is 20.5 Å². The highest BCUT2D eigenvalue weighted by atomic mass is 79.9. The SMILES string of the molecule is COc1cc(CNC(=O)c2cnn(-c3ccc(Br)cc3)c2)ccc1OCC(N)=O. The fourth-order valence-electron chi connectivity index (χ4n) is 2.55. The smallest absolute Gasteiger partial charge is 0.255 e. The Balaban J connectivity index is 1.63. The molecule has 0 aliphatic heterocycles. The molecule has 0 fully saturated rings. The Morgan fingerprint density at radius 2 is 1.93 bits per heavy atom. The molecule has 0 spiro atoms. The topological polar surface area (TPSA) is 108 Å². The van der Waals surface area contributed by atoms with Gasteiger partial charge in [-0.3, -0.25) is 9.59 Å². The van der Waals surface area contributed by atoms with Crippen molar-refractivity contribution >= 4 is 27.7 Å². The molecule has 0 unspecified atom stereocenters. The Bertz CT molecular complexity index is 1020. The Morgan fingerprint density at radius 1 is 1.17 bits per heavy atom. The number of carbonyl (C=O) groups excluding carboxylic acids is 2. The van der Waals surface area contributed by atoms with Gasteiger partial charge in [0.15, 0.2) is 18.1 Å². The van der Waals surface area contributed by atoms with Gasteiger partial charge in [-0.15, -0.1) is 0 Å². The van der Waals surface area contributed by atoms with Crippen molar-refractivity contribution in [3.05, 3.63) is 70.5 Å². The second-order valence-corrected chi connectivity index (χ2v) is 6.99. The van der Waals surface area contributed by atoms with E-state index in [4.69, 9.17) is 15.2 Å². The van der Waals surface area contributed by atoms with Crippen LogP contribution in [-0.4, -0.2) is 35.3 Å². The van der Waals surface area contributed by atoms with Gasteiger partial charge in [0.1, 0.15) is 0 Å². The van der Waals surface area contributed by atoms with Gasteiger partial charge in [-0.2, -0.15) is 5.10 Å². The van der Waals surface area contributed by atoms with Gasteiger partial charge in [0.05, 0.1) is 24.6 Å². The predicted molar refractivity (Wildman–Crippen MR) is 110 cm³/mol. The molecule has 29 heavy (non-hydrogen) atoms. The summed E-state index contributed by atoms with van der Waals surface area (Å²) >= 11 is 3.39. The lowest BCUT2D eigenvalue weighted by molar-refractivity contribution is -0.119. The summed E-state index contributed by atoms with van der Waals surface area (Å²) in [5.41, 5.74) is 7.19. The van der Waals surface area contributed by atoms with Gasteiger partial charge in [0, 0.05) is 17.2 Å². The fraction of sp³-hybridized carbons (Fsp3) is 0.150. The molecule has 0 bridgehead atoms. The molecule has 8 nitrogen and oxygen atoms in total. The minimum Gasteiger partial charge on any atom is -0.493 e. The average Bonchev–Trinajstić information content (AvgIpc) is 3.21. The molecule has 1 heterocycles. The zero-order valence-electron chi connectivity index (χ0n) is 15.6. The molecule has 0 saturated carbocycles. The highest BCUT2D eigenvalue weighted by Gasteiger charge is 2.11. The number of hydrogen-bond donors (Lipinski definition) is 2. The maximum Gasteiger partial charge on any atom is 0.255 e. The van der Waals surface area contributed by atoms with Crippen LogP contribution in [0, 0.1) is 0 Å². The van der Waals surface area contributed by atoms with Crippen molar-refractivity contribution in [2.45, 2.75) is 6.54 Å². The lowest BCUT2D eigenvalue weighted by atomic mass is 10.2. The lowest BCUT2D eigenvalue weighted by Crippen LogP contribution is -2.22. The van der Waals surface area contributed by atoms with Crippen LogP contribution in [0.5, 0.6) is 11.5 Å². The molecule has 2 amide bonds. The summed E-state index contributed by atoms with van der Waals surface area (Å²) in [4.78, 5) is 23.3. The second kappa shape index (κ2) is 9.24. The van der Waals surface area contributed by atoms with E-state index in [1.54, 1.807) is 29.1 Å². The number of nitrogens with zero attached hydrogens (tertiary/aromatic N) is 2. The number of nitrogens with two attached hydrogens (primary N) is 1. The minimum absolute atomic E-state index is 0.241. The van der Waals surface area contributed by atoms with Gasteiger partial charge in [-0.1, -0.05) is 22.0 Å². The van der Waals surface area contributed by atoms with Crippen LogP contribution in [0.4, 0.5) is 0 Å². The van der Waals surface area contributed by atoms with Crippen LogP contribution >= 0.6 is 15.9 Å². The number of nitrogens with one attached hydrogen (secondary N) is 1. The van der Waals surface area contributed by atoms with Crippen LogP contribution < -0.4 is 20.5 Å². The van der Waals surface area contributed by atoms with E-state index >= 15 is 0 Å². The Labute approximate surface area is 175 Å². The number of hydrogen-bond acceptors (Lipinski definition) is 5. The first-order valence-corrected chi connectivity index (χ1v) is 9.42. The highest BCUT2D eigenvalue weighted by Crippen LogP contribution is 2.28. The van der Waals surface area contributed by atoms with Crippen LogP contribution in [0.2, 0.25) is 0 Å². The summed E-state index contributed by atoms with van der Waals surface area (Å²) in [6.07, 6.45) is 3.18. The molecule has 3 rings (SSSR count). The van der Waals surface area contributed by atoms with Crippen molar-refractivity contribution in [2.24, 2.45) is 5.73 Å². The predicted octanol–water partition coefficient (Wildman–Crippen LogP) is 2.44. The van der Waals surface area contributed by atoms with E-state index in [2.05, 4.69) is 26.3 Å². The van der Waals surface area contributed by atoms with E-state index in [1.165, 1.54) is 13.3 Å². The molecule has 9 heteroatoms. The van der Waals surface area contributed by atoms with E-state index in [0.29, 0.717) is 17.1 Å². The summed E-state index contributed by atoms with van der Waals surface area (Å²) in [5.74, 6) is 0.0201. The number of methoxy groups -OCH3 is 1. The number of benzene rings is 2. The molecule has 0 aliphatic rings. The van der Waals surface area contributed by atoms with Crippen molar-refractivity contribution < 1.29 is 19.1 Å². The lowest BCUT2D eigenvalue weighted by Gasteiger charge is -2.11. The molecule has 150 valence electrons. The first-order chi connectivity index (χ1) is 14.0. The summed E-state index contributed by atoms with van der Waals surface area (Å²) in [6, 6.07) is 12.8. The molecular formula is C20H19BrN4O4. The zero-order valence-corrected chi connectivity index (χ0v) is 17.2. The summed E-state index contributed by atoms with van der Waals surface area (Å²) < 4.78 is 13.2. The third-order valence-corrected chi connectivity index (χ3v) is 4.52. The summed E-state index contributed by atoms with van der Waals surface area (Å²) in [6.45, 7) is 0.0452. The van der Waals surface area contributed by atoms with Crippen molar-refractivity contribution in [2.75, 3.05) is 13.7 Å². The Kier molecular flexibility index (Phi) is 6.50. The van der Waals surface area contributed by atoms with Crippen molar-refractivity contribution in [1.82, 2.24) is 15.1 Å². The van der Waals surface area contributed by atoms with Crippen molar-refractivity contribution in [3.8, 4) is 17.2 Å². The van der Waals surface area contributed by atoms with Crippen LogP contribution in [0.1, 0.15) is 15.9 Å². The van der Waals surface area contributed by atoms with Gasteiger partial charge >= 0.3 is 0 Å². The van der Waals surface area contributed by atoms with E-state index < -0.39 is 5.91 Å². The molecule has 0 atom stereocenters. The van der Waals surface area contributed by atoms with Crippen molar-refractivity contribution in [3.63, 3.8) is 0 Å². The fourth-order valence-corrected chi connectivity index (χ4v) is 2.81. The zero-order chi connectivity index (χ0) is 20.8. The van der Waals surface area contributed by atoms with Gasteiger partial charge in [-0.05, 0) is 42.0 Å². The highest BCUT2D eigenvalue weighted by molar-refractivity contribution is 9.10. The minimum atomic E-state index is -0.577. The quantitative estimate of drug-likeness (QED) is 0.538. The molecular weight excluding hydrogens is 440 g/mol. The second-order valence-electron chi connectivity index (χ2n) is 6.07. The number of rotatable bonds is 8. The van der Waals surface area contributed by atoms with Crippen LogP contribution in [0.15, 0.2) is 59.3 Å². The van der Waals surface area contributed by atoms with Gasteiger partial charge in [0.25, 0.3) is 11.8 Å². The number of aromatic nitrogens is 2. The van der Waals surface area contributed by atoms with Crippen LogP contribution in [0.25, 0.3) is 5.69 Å². The monoisotopic (exact) mass is 458 g/mol. The van der Waals surface area contributed by atoms with E-state index in [9.17, 15) is 9.59 Å². The number of amides is 2. The average molecular weight is 459 g/mol. The summed E-state index contributed by atoms with van der Waals surface area (Å²) in [5, 5.41) is 7.07. The molecule has 0 aliphatic carbocycles. The van der Waals surface area contributed by atoms with Crippen molar-refractivity contribution in [1.29, 1.82) is 0 Å². The van der Waals surface area contributed by atoms with Crippen LogP contribution in [-0.2, 0) is 11.3 Å². The molecule has 3 N–H and O–H groups in total. The van der Waals surface area contributed by atoms with E-state index in [1.807, 2.05) is 24.3 Å². The number of halogens is 1.